The van der Waals surface area contributed by atoms with Gasteiger partial charge in [-0.1, -0.05) is 19.1 Å². The predicted octanol–water partition coefficient (Wildman–Crippen LogP) is 2.84. The number of amides is 1. The van der Waals surface area contributed by atoms with Crippen molar-refractivity contribution in [2.24, 2.45) is 11.8 Å². The number of carbonyl (C=O) groups excluding carboxylic acids is 1. The fourth-order valence-electron chi connectivity index (χ4n) is 4.16. The van der Waals surface area contributed by atoms with Crippen molar-refractivity contribution in [1.82, 2.24) is 18.8 Å². The minimum atomic E-state index is -3.55. The Morgan fingerprint density at radius 3 is 2.68 bits per heavy atom. The van der Waals surface area contributed by atoms with Gasteiger partial charge in [0.15, 0.2) is 5.82 Å². The molecule has 4 rings (SSSR count). The van der Waals surface area contributed by atoms with Crippen molar-refractivity contribution in [1.29, 1.82) is 0 Å². The zero-order valence-corrected chi connectivity index (χ0v) is 18.4. The molecule has 2 saturated heterocycles. The normalized spacial score (nSPS) is 21.8. The Hall–Kier alpha value is -2.30. The van der Waals surface area contributed by atoms with Crippen molar-refractivity contribution >= 4 is 21.9 Å². The highest BCUT2D eigenvalue weighted by Crippen LogP contribution is 2.26. The van der Waals surface area contributed by atoms with Gasteiger partial charge in [0.05, 0.1) is 11.6 Å². The van der Waals surface area contributed by atoms with E-state index in [1.54, 1.807) is 22.5 Å². The van der Waals surface area contributed by atoms with E-state index in [-0.39, 0.29) is 18.3 Å². The molecule has 8 nitrogen and oxygen atoms in total. The van der Waals surface area contributed by atoms with Gasteiger partial charge in [0.2, 0.25) is 5.91 Å². The summed E-state index contributed by atoms with van der Waals surface area (Å²) in [5.41, 5.74) is 1.21. The number of benzene rings is 1. The van der Waals surface area contributed by atoms with Crippen molar-refractivity contribution in [2.45, 2.75) is 32.6 Å². The van der Waals surface area contributed by atoms with E-state index >= 15 is 0 Å². The zero-order valence-electron chi connectivity index (χ0n) is 17.6. The minimum absolute atomic E-state index is 0.168. The lowest BCUT2D eigenvalue weighted by molar-refractivity contribution is -0.120. The molecule has 1 unspecified atom stereocenters. The predicted molar refractivity (Wildman–Crippen MR) is 116 cm³/mol. The van der Waals surface area contributed by atoms with E-state index in [1.807, 2.05) is 0 Å². The quantitative estimate of drug-likeness (QED) is 0.733. The van der Waals surface area contributed by atoms with Crippen molar-refractivity contribution in [3.63, 3.8) is 0 Å². The number of H-pyrrole nitrogens is 1. The van der Waals surface area contributed by atoms with Gasteiger partial charge in [-0.05, 0) is 43.7 Å². The summed E-state index contributed by atoms with van der Waals surface area (Å²) >= 11 is 0. The van der Waals surface area contributed by atoms with E-state index in [0.717, 1.165) is 12.8 Å². The van der Waals surface area contributed by atoms with Gasteiger partial charge < -0.3 is 5.32 Å². The monoisotopic (exact) mass is 449 g/mol. The van der Waals surface area contributed by atoms with Gasteiger partial charge in [-0.15, -0.1) is 0 Å². The minimum Gasteiger partial charge on any atom is -0.309 e. The number of hydrogen-bond acceptors (Lipinski definition) is 4. The number of carbonyl (C=O) groups is 1. The standard InChI is InChI=1S/C21H28FN5O3S/c1-15-7-10-26(11-8-15)31(29,30)27-9-3-5-17(14-27)21(28)23-20-13-19(24-25-20)16-4-2-6-18(22)12-16/h2,4,6,12-13,15,17H,3,5,7-11,14H2,1H3,(H2,23,24,25,28). The molecule has 3 heterocycles. The molecule has 1 aromatic carbocycles. The van der Waals surface area contributed by atoms with Gasteiger partial charge in [0, 0.05) is 37.8 Å². The van der Waals surface area contributed by atoms with Crippen molar-refractivity contribution in [3.05, 3.63) is 36.1 Å². The summed E-state index contributed by atoms with van der Waals surface area (Å²) in [5, 5.41) is 9.64. The summed E-state index contributed by atoms with van der Waals surface area (Å²) in [4.78, 5) is 12.8. The molecule has 168 valence electrons. The highest BCUT2D eigenvalue weighted by molar-refractivity contribution is 7.86. The highest BCUT2D eigenvalue weighted by Gasteiger charge is 2.37. The second-order valence-electron chi connectivity index (χ2n) is 8.45. The molecule has 1 atom stereocenters. The third-order valence-corrected chi connectivity index (χ3v) is 8.12. The van der Waals surface area contributed by atoms with Crippen LogP contribution in [0.3, 0.4) is 0 Å². The summed E-state index contributed by atoms with van der Waals surface area (Å²) in [6.07, 6.45) is 2.99. The number of aromatic amines is 1. The number of nitrogens with zero attached hydrogens (tertiary/aromatic N) is 3. The molecule has 1 amide bonds. The first-order valence-corrected chi connectivity index (χ1v) is 12.1. The number of piperidine rings is 2. The molecular formula is C21H28FN5O3S. The molecule has 2 N–H and O–H groups in total. The maximum atomic E-state index is 13.4. The first-order valence-electron chi connectivity index (χ1n) is 10.7. The fourth-order valence-corrected chi connectivity index (χ4v) is 5.89. The Labute approximate surface area is 182 Å². The maximum Gasteiger partial charge on any atom is 0.281 e. The second kappa shape index (κ2) is 9.05. The smallest absolute Gasteiger partial charge is 0.281 e. The van der Waals surface area contributed by atoms with E-state index in [2.05, 4.69) is 22.4 Å². The lowest BCUT2D eigenvalue weighted by atomic mass is 9.99. The van der Waals surface area contributed by atoms with Crippen LogP contribution in [0, 0.1) is 17.7 Å². The second-order valence-corrected chi connectivity index (χ2v) is 10.4. The summed E-state index contributed by atoms with van der Waals surface area (Å²) in [7, 11) is -3.55. The summed E-state index contributed by atoms with van der Waals surface area (Å²) in [6.45, 7) is 3.81. The van der Waals surface area contributed by atoms with Gasteiger partial charge in [-0.3, -0.25) is 9.89 Å². The van der Waals surface area contributed by atoms with Crippen molar-refractivity contribution in [2.75, 3.05) is 31.5 Å². The Balaban J connectivity index is 1.39. The summed E-state index contributed by atoms with van der Waals surface area (Å²) in [6, 6.07) is 7.72. The van der Waals surface area contributed by atoms with E-state index in [0.29, 0.717) is 55.5 Å². The van der Waals surface area contributed by atoms with Crippen LogP contribution < -0.4 is 5.32 Å². The summed E-state index contributed by atoms with van der Waals surface area (Å²) < 4.78 is 42.5. The molecule has 0 radical (unpaired) electrons. The number of hydrogen-bond donors (Lipinski definition) is 2. The van der Waals surface area contributed by atoms with Gasteiger partial charge in [0.1, 0.15) is 5.82 Å². The molecule has 2 aliphatic rings. The Kier molecular flexibility index (Phi) is 6.40. The lowest BCUT2D eigenvalue weighted by Gasteiger charge is -2.37. The molecule has 31 heavy (non-hydrogen) atoms. The molecule has 1 aromatic heterocycles. The average molecular weight is 450 g/mol. The fraction of sp³-hybridized carbons (Fsp3) is 0.524. The maximum absolute atomic E-state index is 13.4. The zero-order chi connectivity index (χ0) is 22.0. The third kappa shape index (κ3) is 4.97. The van der Waals surface area contributed by atoms with Crippen LogP contribution in [0.2, 0.25) is 0 Å². The number of halogens is 1. The van der Waals surface area contributed by atoms with Crippen LogP contribution in [0.1, 0.15) is 32.6 Å². The number of aromatic nitrogens is 2. The molecule has 2 aromatic rings. The first-order chi connectivity index (χ1) is 14.8. The largest absolute Gasteiger partial charge is 0.309 e. The molecule has 0 aliphatic carbocycles. The van der Waals surface area contributed by atoms with Crippen LogP contribution in [0.5, 0.6) is 0 Å². The van der Waals surface area contributed by atoms with Gasteiger partial charge in [-0.2, -0.15) is 22.1 Å². The van der Waals surface area contributed by atoms with E-state index in [4.69, 9.17) is 0 Å². The van der Waals surface area contributed by atoms with Crippen LogP contribution in [0.4, 0.5) is 10.2 Å². The molecule has 2 aliphatic heterocycles. The Morgan fingerprint density at radius 2 is 1.94 bits per heavy atom. The number of rotatable bonds is 5. The SMILES string of the molecule is CC1CCN(S(=O)(=O)N2CCCC(C(=O)Nc3cc(-c4cccc(F)c4)[nH]n3)C2)CC1. The van der Waals surface area contributed by atoms with Crippen molar-refractivity contribution < 1.29 is 17.6 Å². The van der Waals surface area contributed by atoms with Crippen LogP contribution in [-0.2, 0) is 15.0 Å². The van der Waals surface area contributed by atoms with Crippen LogP contribution in [0.25, 0.3) is 11.3 Å². The molecule has 0 spiro atoms. The Bertz CT molecular complexity index is 1030. The van der Waals surface area contributed by atoms with Crippen LogP contribution >= 0.6 is 0 Å². The third-order valence-electron chi connectivity index (χ3n) is 6.11. The lowest BCUT2D eigenvalue weighted by Crippen LogP contribution is -2.51. The molecule has 0 saturated carbocycles. The van der Waals surface area contributed by atoms with Crippen LogP contribution in [0.15, 0.2) is 30.3 Å². The topological polar surface area (TPSA) is 98.4 Å². The van der Waals surface area contributed by atoms with Gasteiger partial charge in [0.25, 0.3) is 10.2 Å². The van der Waals surface area contributed by atoms with Gasteiger partial charge >= 0.3 is 0 Å². The first kappa shape index (κ1) is 21.9. The van der Waals surface area contributed by atoms with E-state index < -0.39 is 16.1 Å². The van der Waals surface area contributed by atoms with E-state index in [1.165, 1.54) is 16.4 Å². The van der Waals surface area contributed by atoms with Crippen molar-refractivity contribution in [3.8, 4) is 11.3 Å². The average Bonchev–Trinajstić information content (AvgIpc) is 3.23. The van der Waals surface area contributed by atoms with Gasteiger partial charge in [-0.25, -0.2) is 4.39 Å². The number of nitrogens with one attached hydrogen (secondary N) is 2. The van der Waals surface area contributed by atoms with E-state index in [9.17, 15) is 17.6 Å². The molecular weight excluding hydrogens is 421 g/mol. The molecule has 0 bridgehead atoms. The molecule has 10 heteroatoms. The van der Waals surface area contributed by atoms with Crippen LogP contribution in [-0.4, -0.2) is 59.3 Å². The number of anilines is 1. The summed E-state index contributed by atoms with van der Waals surface area (Å²) in [5.74, 6) is -0.193. The Morgan fingerprint density at radius 1 is 1.16 bits per heavy atom. The highest BCUT2D eigenvalue weighted by atomic mass is 32.2. The molecule has 2 fully saturated rings.